The monoisotopic (exact) mass is 243 g/mol. The van der Waals surface area contributed by atoms with E-state index in [1.165, 1.54) is 0 Å². The number of halogens is 1. The van der Waals surface area contributed by atoms with Crippen molar-refractivity contribution in [3.8, 4) is 0 Å². The standard InChI is InChI=1S/C15H14FNO/c1-12(13-8-4-2-5-9-13)17(16)15(18)14-10-6-3-7-11-14/h2-12H,1H3/t12-/m1/s1. The lowest BCUT2D eigenvalue weighted by atomic mass is 10.1. The Bertz CT molecular complexity index is 513. The molecule has 2 aromatic rings. The summed E-state index contributed by atoms with van der Waals surface area (Å²) in [7, 11) is 0. The molecule has 2 aromatic carbocycles. The summed E-state index contributed by atoms with van der Waals surface area (Å²) >= 11 is 0. The summed E-state index contributed by atoms with van der Waals surface area (Å²) in [5, 5.41) is 0.269. The first-order chi connectivity index (χ1) is 8.70. The summed E-state index contributed by atoms with van der Waals surface area (Å²) in [6, 6.07) is 16.9. The van der Waals surface area contributed by atoms with Crippen LogP contribution in [0.2, 0.25) is 0 Å². The van der Waals surface area contributed by atoms with Gasteiger partial charge >= 0.3 is 0 Å². The fourth-order valence-corrected chi connectivity index (χ4v) is 1.74. The zero-order chi connectivity index (χ0) is 13.0. The van der Waals surface area contributed by atoms with E-state index in [0.29, 0.717) is 5.56 Å². The number of hydrogen-bond donors (Lipinski definition) is 0. The molecule has 2 rings (SSSR count). The van der Waals surface area contributed by atoms with Gasteiger partial charge in [0.25, 0.3) is 5.91 Å². The van der Waals surface area contributed by atoms with Gasteiger partial charge in [-0.2, -0.15) is 5.12 Å². The Morgan fingerprint density at radius 2 is 1.50 bits per heavy atom. The van der Waals surface area contributed by atoms with Crippen LogP contribution in [-0.4, -0.2) is 11.0 Å². The smallest absolute Gasteiger partial charge is 0.266 e. The van der Waals surface area contributed by atoms with Crippen LogP contribution in [0.4, 0.5) is 4.48 Å². The van der Waals surface area contributed by atoms with Crippen molar-refractivity contribution in [2.75, 3.05) is 0 Å². The molecule has 0 heterocycles. The first-order valence-corrected chi connectivity index (χ1v) is 5.79. The van der Waals surface area contributed by atoms with Gasteiger partial charge in [0, 0.05) is 5.56 Å². The maximum Gasteiger partial charge on any atom is 0.282 e. The number of nitrogens with zero attached hydrogens (tertiary/aromatic N) is 1. The van der Waals surface area contributed by atoms with E-state index in [4.69, 9.17) is 0 Å². The van der Waals surface area contributed by atoms with Crippen LogP contribution in [0.3, 0.4) is 0 Å². The molecule has 0 aliphatic carbocycles. The molecule has 0 bridgehead atoms. The molecule has 3 heteroatoms. The molecule has 0 unspecified atom stereocenters. The number of carbonyl (C=O) groups excluding carboxylic acids is 1. The Morgan fingerprint density at radius 1 is 1.00 bits per heavy atom. The molecule has 0 aromatic heterocycles. The van der Waals surface area contributed by atoms with Crippen molar-refractivity contribution in [3.05, 3.63) is 71.8 Å². The van der Waals surface area contributed by atoms with E-state index in [9.17, 15) is 9.28 Å². The molecule has 2 nitrogen and oxygen atoms in total. The van der Waals surface area contributed by atoms with Crippen LogP contribution in [0, 0.1) is 0 Å². The quantitative estimate of drug-likeness (QED) is 0.751. The second kappa shape index (κ2) is 5.45. The highest BCUT2D eigenvalue weighted by atomic mass is 19.2. The normalized spacial score (nSPS) is 11.9. The lowest BCUT2D eigenvalue weighted by molar-refractivity contribution is -0.00298. The molecule has 0 saturated heterocycles. The summed E-state index contributed by atoms with van der Waals surface area (Å²) < 4.78 is 14.0. The van der Waals surface area contributed by atoms with E-state index < -0.39 is 11.9 Å². The minimum absolute atomic E-state index is 0.269. The van der Waals surface area contributed by atoms with E-state index in [1.54, 1.807) is 49.4 Å². The van der Waals surface area contributed by atoms with Gasteiger partial charge in [0.15, 0.2) is 0 Å². The molecular weight excluding hydrogens is 229 g/mol. The van der Waals surface area contributed by atoms with Crippen molar-refractivity contribution in [2.24, 2.45) is 0 Å². The Hall–Kier alpha value is -2.16. The molecule has 0 saturated carbocycles. The Kier molecular flexibility index (Phi) is 3.72. The Labute approximate surface area is 106 Å². The van der Waals surface area contributed by atoms with Gasteiger partial charge in [0.1, 0.15) is 0 Å². The number of amides is 1. The molecule has 1 atom stereocenters. The zero-order valence-electron chi connectivity index (χ0n) is 10.1. The largest absolute Gasteiger partial charge is 0.282 e. The maximum absolute atomic E-state index is 14.0. The van der Waals surface area contributed by atoms with Crippen LogP contribution < -0.4 is 0 Å². The fraction of sp³-hybridized carbons (Fsp3) is 0.133. The summed E-state index contributed by atoms with van der Waals surface area (Å²) in [4.78, 5) is 11.9. The van der Waals surface area contributed by atoms with E-state index in [-0.39, 0.29) is 5.12 Å². The summed E-state index contributed by atoms with van der Waals surface area (Å²) in [6.07, 6.45) is 0. The van der Waals surface area contributed by atoms with Crippen molar-refractivity contribution < 1.29 is 9.28 Å². The van der Waals surface area contributed by atoms with Crippen molar-refractivity contribution in [1.29, 1.82) is 0 Å². The van der Waals surface area contributed by atoms with Crippen molar-refractivity contribution in [3.63, 3.8) is 0 Å². The van der Waals surface area contributed by atoms with Crippen LogP contribution in [0.1, 0.15) is 28.9 Å². The minimum atomic E-state index is -0.619. The molecule has 0 N–H and O–H groups in total. The fourth-order valence-electron chi connectivity index (χ4n) is 1.74. The first-order valence-electron chi connectivity index (χ1n) is 5.79. The van der Waals surface area contributed by atoms with E-state index in [0.717, 1.165) is 5.56 Å². The van der Waals surface area contributed by atoms with Gasteiger partial charge in [0.2, 0.25) is 0 Å². The SMILES string of the molecule is C[C@H](c1ccccc1)N(F)C(=O)c1ccccc1. The Balaban J connectivity index is 2.17. The van der Waals surface area contributed by atoms with Crippen LogP contribution in [0.15, 0.2) is 60.7 Å². The van der Waals surface area contributed by atoms with Gasteiger partial charge in [0.05, 0.1) is 6.04 Å². The maximum atomic E-state index is 14.0. The lowest BCUT2D eigenvalue weighted by Gasteiger charge is -2.20. The van der Waals surface area contributed by atoms with E-state index in [2.05, 4.69) is 0 Å². The first kappa shape index (κ1) is 12.3. The number of benzene rings is 2. The van der Waals surface area contributed by atoms with Crippen LogP contribution in [-0.2, 0) is 0 Å². The summed E-state index contributed by atoms with van der Waals surface area (Å²) in [6.45, 7) is 1.66. The van der Waals surface area contributed by atoms with Crippen LogP contribution >= 0.6 is 0 Å². The molecule has 0 radical (unpaired) electrons. The van der Waals surface area contributed by atoms with Crippen molar-refractivity contribution in [1.82, 2.24) is 5.12 Å². The van der Waals surface area contributed by atoms with E-state index >= 15 is 0 Å². The van der Waals surface area contributed by atoms with Gasteiger partial charge in [-0.05, 0) is 24.6 Å². The second-order valence-corrected chi connectivity index (χ2v) is 4.07. The highest BCUT2D eigenvalue weighted by Gasteiger charge is 2.22. The average Bonchev–Trinajstić information content (AvgIpc) is 2.47. The number of hydrogen-bond acceptors (Lipinski definition) is 1. The molecule has 0 aliphatic heterocycles. The summed E-state index contributed by atoms with van der Waals surface area (Å²) in [5.74, 6) is -0.619. The molecule has 18 heavy (non-hydrogen) atoms. The number of carbonyl (C=O) groups is 1. The predicted molar refractivity (Wildman–Crippen MR) is 68.6 cm³/mol. The third kappa shape index (κ3) is 2.56. The summed E-state index contributed by atoms with van der Waals surface area (Å²) in [5.41, 5.74) is 1.12. The minimum Gasteiger partial charge on any atom is -0.266 e. The molecule has 0 fully saturated rings. The van der Waals surface area contributed by atoms with Crippen LogP contribution in [0.5, 0.6) is 0 Å². The average molecular weight is 243 g/mol. The third-order valence-corrected chi connectivity index (χ3v) is 2.84. The predicted octanol–water partition coefficient (Wildman–Crippen LogP) is 3.77. The van der Waals surface area contributed by atoms with E-state index in [1.807, 2.05) is 18.2 Å². The van der Waals surface area contributed by atoms with Gasteiger partial charge in [-0.15, -0.1) is 0 Å². The molecule has 92 valence electrons. The third-order valence-electron chi connectivity index (χ3n) is 2.84. The molecule has 0 spiro atoms. The van der Waals surface area contributed by atoms with Crippen molar-refractivity contribution >= 4 is 5.91 Å². The number of rotatable bonds is 3. The van der Waals surface area contributed by atoms with Gasteiger partial charge in [-0.3, -0.25) is 4.79 Å². The lowest BCUT2D eigenvalue weighted by Crippen LogP contribution is -2.25. The molecular formula is C15H14FNO. The Morgan fingerprint density at radius 3 is 2.06 bits per heavy atom. The van der Waals surface area contributed by atoms with Gasteiger partial charge in [-0.25, -0.2) is 0 Å². The van der Waals surface area contributed by atoms with Gasteiger partial charge in [-0.1, -0.05) is 53.0 Å². The zero-order valence-corrected chi connectivity index (χ0v) is 10.1. The van der Waals surface area contributed by atoms with Gasteiger partial charge < -0.3 is 0 Å². The van der Waals surface area contributed by atoms with Crippen LogP contribution in [0.25, 0.3) is 0 Å². The van der Waals surface area contributed by atoms with Crippen molar-refractivity contribution in [2.45, 2.75) is 13.0 Å². The topological polar surface area (TPSA) is 20.3 Å². The highest BCUT2D eigenvalue weighted by Crippen LogP contribution is 2.22. The second-order valence-electron chi connectivity index (χ2n) is 4.07. The molecule has 1 amide bonds. The highest BCUT2D eigenvalue weighted by molar-refractivity contribution is 5.93. The molecule has 0 aliphatic rings.